The molecule has 0 bridgehead atoms. The van der Waals surface area contributed by atoms with E-state index < -0.39 is 5.60 Å². The van der Waals surface area contributed by atoms with Gasteiger partial charge in [0.25, 0.3) is 0 Å². The zero-order chi connectivity index (χ0) is 19.9. The van der Waals surface area contributed by atoms with E-state index in [-0.39, 0.29) is 17.4 Å². The molecular weight excluding hydrogens is 356 g/mol. The lowest BCUT2D eigenvalue weighted by Crippen LogP contribution is -2.47. The average Bonchev–Trinajstić information content (AvgIpc) is 3.04. The van der Waals surface area contributed by atoms with Gasteiger partial charge in [-0.25, -0.2) is 4.79 Å². The third kappa shape index (κ3) is 3.77. The fraction of sp³-hybridized carbons (Fsp3) is 0.455. The number of rotatable bonds is 1. The molecule has 0 unspecified atom stereocenters. The number of benzene rings is 1. The molecule has 2 aliphatic heterocycles. The van der Waals surface area contributed by atoms with Crippen molar-refractivity contribution in [3.63, 3.8) is 0 Å². The number of carbonyl (C=O) groups excluding carboxylic acids is 1. The van der Waals surface area contributed by atoms with Crippen molar-refractivity contribution in [1.29, 1.82) is 0 Å². The summed E-state index contributed by atoms with van der Waals surface area (Å²) in [6, 6.07) is 7.20. The molecule has 2 aromatic rings. The van der Waals surface area contributed by atoms with Crippen molar-refractivity contribution in [2.45, 2.75) is 51.2 Å². The van der Waals surface area contributed by atoms with Crippen molar-refractivity contribution in [3.8, 4) is 5.75 Å². The molecule has 1 aromatic heterocycles. The molecule has 6 heteroatoms. The third-order valence-electron chi connectivity index (χ3n) is 5.33. The molecule has 1 amide bonds. The average molecular weight is 382 g/mol. The zero-order valence-corrected chi connectivity index (χ0v) is 16.6. The summed E-state index contributed by atoms with van der Waals surface area (Å²) in [6.45, 7) is 6.89. The summed E-state index contributed by atoms with van der Waals surface area (Å²) >= 11 is 0. The van der Waals surface area contributed by atoms with Crippen LogP contribution in [0.4, 0.5) is 4.79 Å². The van der Waals surface area contributed by atoms with Crippen molar-refractivity contribution >= 4 is 22.6 Å². The van der Waals surface area contributed by atoms with Crippen LogP contribution in [0.3, 0.4) is 0 Å². The first-order valence-corrected chi connectivity index (χ1v) is 9.67. The van der Waals surface area contributed by atoms with Crippen molar-refractivity contribution < 1.29 is 19.4 Å². The van der Waals surface area contributed by atoms with Crippen LogP contribution in [-0.4, -0.2) is 45.4 Å². The van der Waals surface area contributed by atoms with Crippen LogP contribution in [0, 0.1) is 0 Å². The smallest absolute Gasteiger partial charge is 0.410 e. The number of amides is 1. The van der Waals surface area contributed by atoms with E-state index in [0.29, 0.717) is 13.1 Å². The highest BCUT2D eigenvalue weighted by Crippen LogP contribution is 2.42. The quantitative estimate of drug-likeness (QED) is 0.788. The molecule has 0 atom stereocenters. The number of carbonyl (C=O) groups is 1. The van der Waals surface area contributed by atoms with Crippen LogP contribution in [0.1, 0.15) is 45.6 Å². The molecule has 0 aliphatic carbocycles. The van der Waals surface area contributed by atoms with Gasteiger partial charge in [0, 0.05) is 43.9 Å². The predicted octanol–water partition coefficient (Wildman–Crippen LogP) is 4.47. The molecule has 2 aliphatic rings. The number of nitrogens with zero attached hydrogens (tertiary/aromatic N) is 2. The van der Waals surface area contributed by atoms with Gasteiger partial charge in [-0.3, -0.25) is 4.98 Å². The molecule has 1 N–H and O–H groups in total. The highest BCUT2D eigenvalue weighted by molar-refractivity contribution is 5.84. The fourth-order valence-electron chi connectivity index (χ4n) is 3.81. The van der Waals surface area contributed by atoms with Crippen LogP contribution in [-0.2, 0) is 9.47 Å². The molecule has 148 valence electrons. The maximum absolute atomic E-state index is 12.3. The first-order valence-electron chi connectivity index (χ1n) is 9.67. The number of aromatic nitrogens is 1. The van der Waals surface area contributed by atoms with E-state index in [1.807, 2.05) is 45.4 Å². The summed E-state index contributed by atoms with van der Waals surface area (Å²) in [5.41, 5.74) is 2.21. The van der Waals surface area contributed by atoms with Gasteiger partial charge in [0.1, 0.15) is 17.0 Å². The Balaban J connectivity index is 1.42. The number of aromatic hydroxyl groups is 1. The van der Waals surface area contributed by atoms with Gasteiger partial charge < -0.3 is 19.5 Å². The number of pyridine rings is 1. The second kappa shape index (κ2) is 6.69. The molecule has 0 radical (unpaired) electrons. The number of phenols is 1. The monoisotopic (exact) mass is 382 g/mol. The van der Waals surface area contributed by atoms with Gasteiger partial charge in [-0.05, 0) is 56.2 Å². The number of ether oxygens (including phenoxy) is 2. The van der Waals surface area contributed by atoms with Crippen molar-refractivity contribution in [3.05, 3.63) is 42.3 Å². The Bertz CT molecular complexity index is 937. The molecule has 1 spiro atoms. The first-order chi connectivity index (χ1) is 13.2. The van der Waals surface area contributed by atoms with E-state index in [0.717, 1.165) is 41.3 Å². The summed E-state index contributed by atoms with van der Waals surface area (Å²) in [7, 11) is 0. The van der Waals surface area contributed by atoms with Crippen LogP contribution in [0.5, 0.6) is 5.75 Å². The van der Waals surface area contributed by atoms with Gasteiger partial charge in [-0.15, -0.1) is 0 Å². The van der Waals surface area contributed by atoms with E-state index in [9.17, 15) is 9.90 Å². The summed E-state index contributed by atoms with van der Waals surface area (Å²) in [4.78, 5) is 18.5. The minimum absolute atomic E-state index is 0.231. The maximum atomic E-state index is 12.3. The molecule has 28 heavy (non-hydrogen) atoms. The molecule has 0 saturated carbocycles. The van der Waals surface area contributed by atoms with Gasteiger partial charge in [-0.1, -0.05) is 0 Å². The van der Waals surface area contributed by atoms with Gasteiger partial charge in [0.2, 0.25) is 0 Å². The number of phenolic OH excluding ortho intramolecular Hbond substituents is 1. The lowest BCUT2D eigenvalue weighted by molar-refractivity contribution is -0.0276. The van der Waals surface area contributed by atoms with Gasteiger partial charge in [0.05, 0.1) is 11.8 Å². The second-order valence-corrected chi connectivity index (χ2v) is 8.69. The topological polar surface area (TPSA) is 71.9 Å². The van der Waals surface area contributed by atoms with Crippen LogP contribution in [0.2, 0.25) is 0 Å². The van der Waals surface area contributed by atoms with Crippen molar-refractivity contribution in [1.82, 2.24) is 9.88 Å². The molecule has 4 rings (SSSR count). The Hall–Kier alpha value is -2.76. The summed E-state index contributed by atoms with van der Waals surface area (Å²) in [5.74, 6) is 0.231. The summed E-state index contributed by atoms with van der Waals surface area (Å²) in [5, 5.41) is 10.6. The van der Waals surface area contributed by atoms with Gasteiger partial charge in [-0.2, -0.15) is 0 Å². The SMILES string of the molecule is CC(C)(C)OC(=O)N1CCC2(CC1)CC(c1cnc3ccc(O)cc3c1)=CO2. The maximum Gasteiger partial charge on any atom is 0.410 e. The molecular formula is C22H26N2O4. The highest BCUT2D eigenvalue weighted by atomic mass is 16.6. The van der Waals surface area contributed by atoms with Gasteiger partial charge >= 0.3 is 6.09 Å². The van der Waals surface area contributed by atoms with Gasteiger partial charge in [0.15, 0.2) is 0 Å². The summed E-state index contributed by atoms with van der Waals surface area (Å²) in [6.07, 6.45) is 5.76. The minimum Gasteiger partial charge on any atom is -0.508 e. The number of fused-ring (bicyclic) bond motifs is 1. The Morgan fingerprint density at radius 1 is 1.25 bits per heavy atom. The van der Waals surface area contributed by atoms with E-state index in [1.165, 1.54) is 0 Å². The Kier molecular flexibility index (Phi) is 4.44. The van der Waals surface area contributed by atoms with Crippen LogP contribution in [0.15, 0.2) is 36.7 Å². The third-order valence-corrected chi connectivity index (χ3v) is 5.33. The van der Waals surface area contributed by atoms with Crippen LogP contribution < -0.4 is 0 Å². The van der Waals surface area contributed by atoms with E-state index in [2.05, 4.69) is 4.98 Å². The van der Waals surface area contributed by atoms with Crippen LogP contribution in [0.25, 0.3) is 16.5 Å². The largest absolute Gasteiger partial charge is 0.508 e. The van der Waals surface area contributed by atoms with E-state index >= 15 is 0 Å². The Labute approximate surface area is 164 Å². The lowest BCUT2D eigenvalue weighted by Gasteiger charge is -2.39. The molecule has 1 saturated heterocycles. The Morgan fingerprint density at radius 3 is 2.71 bits per heavy atom. The molecule has 6 nitrogen and oxygen atoms in total. The Morgan fingerprint density at radius 2 is 2.00 bits per heavy atom. The number of piperidine rings is 1. The number of hydrogen-bond acceptors (Lipinski definition) is 5. The zero-order valence-electron chi connectivity index (χ0n) is 16.6. The van der Waals surface area contributed by atoms with Crippen LogP contribution >= 0.6 is 0 Å². The summed E-state index contributed by atoms with van der Waals surface area (Å²) < 4.78 is 11.6. The van der Waals surface area contributed by atoms with Crippen molar-refractivity contribution in [2.24, 2.45) is 0 Å². The molecule has 1 fully saturated rings. The molecule has 1 aromatic carbocycles. The van der Waals surface area contributed by atoms with E-state index in [4.69, 9.17) is 9.47 Å². The number of likely N-dealkylation sites (tertiary alicyclic amines) is 1. The minimum atomic E-state index is -0.484. The lowest BCUT2D eigenvalue weighted by atomic mass is 9.85. The van der Waals surface area contributed by atoms with Crippen molar-refractivity contribution in [2.75, 3.05) is 13.1 Å². The molecule has 3 heterocycles. The fourth-order valence-corrected chi connectivity index (χ4v) is 3.81. The standard InChI is InChI=1S/C22H26N2O4/c1-21(2,3)28-20(26)24-8-6-22(7-9-24)12-17(14-27-22)16-10-15-11-18(25)4-5-19(15)23-13-16/h4-5,10-11,13-14,25H,6-9,12H2,1-3H3. The van der Waals surface area contributed by atoms with E-state index in [1.54, 1.807) is 17.0 Å². The first kappa shape index (κ1) is 18.6. The normalized spacial score (nSPS) is 18.8. The highest BCUT2D eigenvalue weighted by Gasteiger charge is 2.42. The number of hydrogen-bond donors (Lipinski definition) is 1. The second-order valence-electron chi connectivity index (χ2n) is 8.69. The predicted molar refractivity (Wildman–Crippen MR) is 107 cm³/mol.